The summed E-state index contributed by atoms with van der Waals surface area (Å²) in [6.45, 7) is 5.21. The molecule has 2 rings (SSSR count). The van der Waals surface area contributed by atoms with Crippen LogP contribution < -0.4 is 21.9 Å². The Balaban J connectivity index is 2.28. The van der Waals surface area contributed by atoms with Gasteiger partial charge in [0.25, 0.3) is 0 Å². The SMILES string of the molecule is Cc1cc(/C(N)=C/NN)nc(N2CCOCC2)c1. The Kier molecular flexibility index (Phi) is 4.01. The molecule has 5 N–H and O–H groups in total. The van der Waals surface area contributed by atoms with Gasteiger partial charge in [-0.1, -0.05) is 0 Å². The lowest BCUT2D eigenvalue weighted by atomic mass is 10.2. The van der Waals surface area contributed by atoms with Crippen LogP contribution in [0.3, 0.4) is 0 Å². The van der Waals surface area contributed by atoms with Gasteiger partial charge in [-0.2, -0.15) is 0 Å². The molecule has 1 aliphatic heterocycles. The van der Waals surface area contributed by atoms with Gasteiger partial charge in [0, 0.05) is 19.3 Å². The first-order valence-electron chi connectivity index (χ1n) is 5.94. The summed E-state index contributed by atoms with van der Waals surface area (Å²) in [6, 6.07) is 3.99. The summed E-state index contributed by atoms with van der Waals surface area (Å²) in [5, 5.41) is 0. The summed E-state index contributed by atoms with van der Waals surface area (Å²) in [6.07, 6.45) is 1.53. The third-order valence-corrected chi connectivity index (χ3v) is 2.83. The van der Waals surface area contributed by atoms with Crippen LogP contribution in [0.4, 0.5) is 5.82 Å². The Morgan fingerprint density at radius 3 is 2.83 bits per heavy atom. The van der Waals surface area contributed by atoms with Gasteiger partial charge in [-0.25, -0.2) is 4.98 Å². The minimum absolute atomic E-state index is 0.524. The van der Waals surface area contributed by atoms with Crippen molar-refractivity contribution in [3.63, 3.8) is 0 Å². The van der Waals surface area contributed by atoms with Crippen molar-refractivity contribution in [1.29, 1.82) is 0 Å². The molecule has 1 fully saturated rings. The monoisotopic (exact) mass is 249 g/mol. The summed E-state index contributed by atoms with van der Waals surface area (Å²) in [5.74, 6) is 6.16. The van der Waals surface area contributed by atoms with Crippen LogP contribution in [0.1, 0.15) is 11.3 Å². The van der Waals surface area contributed by atoms with E-state index < -0.39 is 0 Å². The molecule has 98 valence electrons. The zero-order valence-corrected chi connectivity index (χ0v) is 10.5. The average molecular weight is 249 g/mol. The van der Waals surface area contributed by atoms with Gasteiger partial charge in [0.1, 0.15) is 5.82 Å². The predicted octanol–water partition coefficient (Wildman–Crippen LogP) is -0.0530. The van der Waals surface area contributed by atoms with E-state index in [0.717, 1.165) is 43.4 Å². The van der Waals surface area contributed by atoms with Crippen molar-refractivity contribution < 1.29 is 4.74 Å². The molecule has 6 heteroatoms. The fourth-order valence-electron chi connectivity index (χ4n) is 1.91. The van der Waals surface area contributed by atoms with E-state index in [1.165, 1.54) is 6.20 Å². The zero-order chi connectivity index (χ0) is 13.0. The lowest BCUT2D eigenvalue weighted by Crippen LogP contribution is -2.37. The third-order valence-electron chi connectivity index (χ3n) is 2.83. The normalized spacial score (nSPS) is 16.8. The number of nitrogens with one attached hydrogen (secondary N) is 1. The number of rotatable bonds is 3. The molecule has 1 aromatic heterocycles. The molecule has 18 heavy (non-hydrogen) atoms. The molecule has 1 aromatic rings. The van der Waals surface area contributed by atoms with E-state index in [1.807, 2.05) is 13.0 Å². The number of pyridine rings is 1. The van der Waals surface area contributed by atoms with E-state index in [0.29, 0.717) is 5.70 Å². The number of hydrogen-bond donors (Lipinski definition) is 3. The number of hydrogen-bond acceptors (Lipinski definition) is 6. The van der Waals surface area contributed by atoms with Crippen molar-refractivity contribution >= 4 is 11.5 Å². The summed E-state index contributed by atoms with van der Waals surface area (Å²) >= 11 is 0. The van der Waals surface area contributed by atoms with Gasteiger partial charge in [0.2, 0.25) is 0 Å². The van der Waals surface area contributed by atoms with Crippen molar-refractivity contribution in [3.8, 4) is 0 Å². The maximum Gasteiger partial charge on any atom is 0.129 e. The second kappa shape index (κ2) is 5.70. The van der Waals surface area contributed by atoms with Gasteiger partial charge in [0.15, 0.2) is 0 Å². The van der Waals surface area contributed by atoms with Gasteiger partial charge in [-0.3, -0.25) is 5.84 Å². The van der Waals surface area contributed by atoms with Crippen molar-refractivity contribution in [1.82, 2.24) is 10.4 Å². The van der Waals surface area contributed by atoms with Crippen LogP contribution in [0, 0.1) is 6.92 Å². The van der Waals surface area contributed by atoms with E-state index in [-0.39, 0.29) is 0 Å². The number of aryl methyl sites for hydroxylation is 1. The molecular formula is C12H19N5O. The molecule has 0 aromatic carbocycles. The zero-order valence-electron chi connectivity index (χ0n) is 10.5. The van der Waals surface area contributed by atoms with E-state index in [1.54, 1.807) is 0 Å². The topological polar surface area (TPSA) is 89.4 Å². The third kappa shape index (κ3) is 2.91. The Hall–Kier alpha value is -1.79. The number of hydrazine groups is 1. The summed E-state index contributed by atoms with van der Waals surface area (Å²) in [4.78, 5) is 6.75. The first-order valence-corrected chi connectivity index (χ1v) is 5.94. The number of morpholine rings is 1. The summed E-state index contributed by atoms with van der Waals surface area (Å²) in [5.41, 5.74) is 10.7. The number of aromatic nitrogens is 1. The highest BCUT2D eigenvalue weighted by molar-refractivity contribution is 5.62. The van der Waals surface area contributed by atoms with Crippen molar-refractivity contribution in [2.75, 3.05) is 31.2 Å². The summed E-state index contributed by atoms with van der Waals surface area (Å²) in [7, 11) is 0. The first-order chi connectivity index (χ1) is 8.70. The highest BCUT2D eigenvalue weighted by atomic mass is 16.5. The fraction of sp³-hybridized carbons (Fsp3) is 0.417. The standard InChI is InChI=1S/C12H19N5O/c1-9-6-11(10(13)8-15-14)16-12(7-9)17-2-4-18-5-3-17/h6-8,15H,2-5,13-14H2,1H3/b10-8-. The molecular weight excluding hydrogens is 230 g/mol. The molecule has 1 saturated heterocycles. The Labute approximate surface area is 107 Å². The van der Waals surface area contributed by atoms with E-state index in [9.17, 15) is 0 Å². The number of nitrogens with zero attached hydrogens (tertiary/aromatic N) is 2. The van der Waals surface area contributed by atoms with Crippen molar-refractivity contribution in [2.45, 2.75) is 6.92 Å². The van der Waals surface area contributed by atoms with Crippen LogP contribution in [-0.2, 0) is 4.74 Å². The molecule has 0 unspecified atom stereocenters. The van der Waals surface area contributed by atoms with Crippen molar-refractivity contribution in [2.24, 2.45) is 11.6 Å². The quantitative estimate of drug-likeness (QED) is 0.514. The van der Waals surface area contributed by atoms with E-state index in [4.69, 9.17) is 16.3 Å². The first kappa shape index (κ1) is 12.7. The van der Waals surface area contributed by atoms with E-state index in [2.05, 4.69) is 21.4 Å². The predicted molar refractivity (Wildman–Crippen MR) is 71.5 cm³/mol. The highest BCUT2D eigenvalue weighted by Gasteiger charge is 2.13. The minimum atomic E-state index is 0.524. The van der Waals surface area contributed by atoms with Gasteiger partial charge >= 0.3 is 0 Å². The maximum atomic E-state index is 5.89. The van der Waals surface area contributed by atoms with Gasteiger partial charge in [-0.05, 0) is 24.6 Å². The molecule has 0 radical (unpaired) electrons. The fourth-order valence-corrected chi connectivity index (χ4v) is 1.91. The minimum Gasteiger partial charge on any atom is -0.396 e. The second-order valence-corrected chi connectivity index (χ2v) is 4.25. The van der Waals surface area contributed by atoms with Gasteiger partial charge in [-0.15, -0.1) is 0 Å². The molecule has 1 aliphatic rings. The molecule has 0 spiro atoms. The molecule has 0 amide bonds. The average Bonchev–Trinajstić information content (AvgIpc) is 2.39. The van der Waals surface area contributed by atoms with Crippen LogP contribution in [0.15, 0.2) is 18.3 Å². The van der Waals surface area contributed by atoms with Crippen LogP contribution in [-0.4, -0.2) is 31.3 Å². The Bertz CT molecular complexity index is 440. The van der Waals surface area contributed by atoms with Crippen LogP contribution in [0.25, 0.3) is 5.70 Å². The lowest BCUT2D eigenvalue weighted by molar-refractivity contribution is 0.122. The number of anilines is 1. The van der Waals surface area contributed by atoms with Crippen LogP contribution in [0.5, 0.6) is 0 Å². The smallest absolute Gasteiger partial charge is 0.129 e. The van der Waals surface area contributed by atoms with Crippen molar-refractivity contribution in [3.05, 3.63) is 29.6 Å². The van der Waals surface area contributed by atoms with E-state index >= 15 is 0 Å². The molecule has 0 bridgehead atoms. The Morgan fingerprint density at radius 2 is 2.17 bits per heavy atom. The molecule has 0 saturated carbocycles. The largest absolute Gasteiger partial charge is 0.396 e. The van der Waals surface area contributed by atoms with Gasteiger partial charge < -0.3 is 20.8 Å². The molecule has 2 heterocycles. The number of nitrogens with two attached hydrogens (primary N) is 2. The second-order valence-electron chi connectivity index (χ2n) is 4.25. The van der Waals surface area contributed by atoms with Crippen LogP contribution >= 0.6 is 0 Å². The van der Waals surface area contributed by atoms with Gasteiger partial charge in [0.05, 0.1) is 24.6 Å². The Morgan fingerprint density at radius 1 is 1.44 bits per heavy atom. The summed E-state index contributed by atoms with van der Waals surface area (Å²) < 4.78 is 5.34. The lowest BCUT2D eigenvalue weighted by Gasteiger charge is -2.28. The molecule has 0 aliphatic carbocycles. The molecule has 0 atom stereocenters. The van der Waals surface area contributed by atoms with Crippen LogP contribution in [0.2, 0.25) is 0 Å². The maximum absolute atomic E-state index is 5.89. The molecule has 6 nitrogen and oxygen atoms in total. The highest BCUT2D eigenvalue weighted by Crippen LogP contribution is 2.18. The number of ether oxygens (including phenoxy) is 1.